The predicted octanol–water partition coefficient (Wildman–Crippen LogP) is 2.92. The molecule has 6 heteroatoms. The highest BCUT2D eigenvalue weighted by molar-refractivity contribution is 6.06. The molecule has 0 unspecified atom stereocenters. The lowest BCUT2D eigenvalue weighted by molar-refractivity contribution is 0.0950. The number of pyridine rings is 1. The molecular formula is C21H28N4O2. The van der Waals surface area contributed by atoms with Crippen molar-refractivity contribution in [3.8, 4) is 0 Å². The molecule has 144 valence electrons. The van der Waals surface area contributed by atoms with Crippen LogP contribution in [0.3, 0.4) is 0 Å². The van der Waals surface area contributed by atoms with Gasteiger partial charge in [-0.25, -0.2) is 0 Å². The second-order valence-electron chi connectivity index (χ2n) is 7.77. The number of carbonyl (C=O) groups is 2. The van der Waals surface area contributed by atoms with Gasteiger partial charge in [0.2, 0.25) is 0 Å². The van der Waals surface area contributed by atoms with Crippen molar-refractivity contribution in [3.05, 3.63) is 59.4 Å². The molecule has 1 heterocycles. The molecule has 2 rings (SSSR count). The molecule has 2 amide bonds. The third-order valence-electron chi connectivity index (χ3n) is 4.09. The van der Waals surface area contributed by atoms with E-state index in [-0.39, 0.29) is 17.2 Å². The van der Waals surface area contributed by atoms with Crippen LogP contribution in [0.4, 0.5) is 5.69 Å². The maximum atomic E-state index is 12.7. The van der Waals surface area contributed by atoms with Crippen LogP contribution in [-0.2, 0) is 5.41 Å². The predicted molar refractivity (Wildman–Crippen MR) is 108 cm³/mol. The molecule has 0 aliphatic rings. The van der Waals surface area contributed by atoms with Gasteiger partial charge >= 0.3 is 0 Å². The zero-order valence-corrected chi connectivity index (χ0v) is 16.7. The van der Waals surface area contributed by atoms with Crippen LogP contribution >= 0.6 is 0 Å². The summed E-state index contributed by atoms with van der Waals surface area (Å²) in [5, 5.41) is 5.76. The Kier molecular flexibility index (Phi) is 6.69. The van der Waals surface area contributed by atoms with Crippen molar-refractivity contribution in [2.45, 2.75) is 26.2 Å². The Morgan fingerprint density at radius 2 is 1.67 bits per heavy atom. The number of hydrogen-bond acceptors (Lipinski definition) is 4. The lowest BCUT2D eigenvalue weighted by Crippen LogP contribution is -2.31. The van der Waals surface area contributed by atoms with Gasteiger partial charge in [0.05, 0.1) is 11.1 Å². The Hall–Kier alpha value is -2.73. The molecule has 0 saturated carbocycles. The molecule has 0 fully saturated rings. The van der Waals surface area contributed by atoms with Gasteiger partial charge in [-0.3, -0.25) is 14.6 Å². The zero-order valence-electron chi connectivity index (χ0n) is 16.7. The van der Waals surface area contributed by atoms with Crippen LogP contribution < -0.4 is 10.6 Å². The summed E-state index contributed by atoms with van der Waals surface area (Å²) < 4.78 is 0. The number of rotatable bonds is 6. The van der Waals surface area contributed by atoms with Gasteiger partial charge in [0, 0.05) is 31.2 Å². The summed E-state index contributed by atoms with van der Waals surface area (Å²) in [6, 6.07) is 9.29. The Morgan fingerprint density at radius 3 is 2.30 bits per heavy atom. The fourth-order valence-corrected chi connectivity index (χ4v) is 2.62. The fraction of sp³-hybridized carbons (Fsp3) is 0.381. The number of carbonyl (C=O) groups excluding carboxylic acids is 2. The molecule has 0 saturated heterocycles. The summed E-state index contributed by atoms with van der Waals surface area (Å²) in [4.78, 5) is 31.0. The standard InChI is InChI=1S/C21H28N4O2/c1-21(2,3)17-8-6-7-9-18(17)24-20(27)16-12-15(13-22-14-16)19(26)23-10-11-25(4)5/h6-9,12-14H,10-11H2,1-5H3,(H,23,26)(H,24,27). The number of para-hydroxylation sites is 1. The molecule has 27 heavy (non-hydrogen) atoms. The summed E-state index contributed by atoms with van der Waals surface area (Å²) in [6.07, 6.45) is 2.93. The molecule has 0 atom stereocenters. The first-order chi connectivity index (χ1) is 12.7. The van der Waals surface area contributed by atoms with Gasteiger partial charge in [-0.1, -0.05) is 39.0 Å². The summed E-state index contributed by atoms with van der Waals surface area (Å²) in [5.74, 6) is -0.531. The van der Waals surface area contributed by atoms with Gasteiger partial charge in [-0.05, 0) is 37.2 Å². The van der Waals surface area contributed by atoms with Crippen molar-refractivity contribution in [1.82, 2.24) is 15.2 Å². The van der Waals surface area contributed by atoms with E-state index < -0.39 is 0 Å². The highest BCUT2D eigenvalue weighted by Gasteiger charge is 2.19. The van der Waals surface area contributed by atoms with E-state index in [1.807, 2.05) is 43.3 Å². The lowest BCUT2D eigenvalue weighted by Gasteiger charge is -2.23. The molecule has 0 bridgehead atoms. The Balaban J connectivity index is 2.13. The maximum Gasteiger partial charge on any atom is 0.257 e. The smallest absolute Gasteiger partial charge is 0.257 e. The van der Waals surface area contributed by atoms with E-state index in [4.69, 9.17) is 0 Å². The second kappa shape index (κ2) is 8.77. The third-order valence-corrected chi connectivity index (χ3v) is 4.09. The number of amides is 2. The van der Waals surface area contributed by atoms with Crippen LogP contribution in [0, 0.1) is 0 Å². The minimum Gasteiger partial charge on any atom is -0.351 e. The van der Waals surface area contributed by atoms with Crippen molar-refractivity contribution >= 4 is 17.5 Å². The number of nitrogens with one attached hydrogen (secondary N) is 2. The highest BCUT2D eigenvalue weighted by atomic mass is 16.2. The van der Waals surface area contributed by atoms with E-state index >= 15 is 0 Å². The van der Waals surface area contributed by atoms with Gasteiger partial charge in [-0.2, -0.15) is 0 Å². The van der Waals surface area contributed by atoms with Crippen molar-refractivity contribution in [3.63, 3.8) is 0 Å². The maximum absolute atomic E-state index is 12.7. The minimum atomic E-state index is -0.290. The Labute approximate surface area is 161 Å². The van der Waals surface area contributed by atoms with Crippen LogP contribution in [0.25, 0.3) is 0 Å². The number of anilines is 1. The average molecular weight is 368 g/mol. The Bertz CT molecular complexity index is 810. The second-order valence-corrected chi connectivity index (χ2v) is 7.77. The Morgan fingerprint density at radius 1 is 1.04 bits per heavy atom. The number of benzene rings is 1. The van der Waals surface area contributed by atoms with Crippen molar-refractivity contribution in [2.75, 3.05) is 32.5 Å². The summed E-state index contributed by atoms with van der Waals surface area (Å²) in [7, 11) is 3.88. The largest absolute Gasteiger partial charge is 0.351 e. The van der Waals surface area contributed by atoms with E-state index in [2.05, 4.69) is 36.4 Å². The summed E-state index contributed by atoms with van der Waals surface area (Å²) >= 11 is 0. The quantitative estimate of drug-likeness (QED) is 0.822. The number of nitrogens with zero attached hydrogens (tertiary/aromatic N) is 2. The molecule has 0 radical (unpaired) electrons. The zero-order chi connectivity index (χ0) is 20.0. The van der Waals surface area contributed by atoms with Gasteiger partial charge in [-0.15, -0.1) is 0 Å². The molecule has 0 aliphatic heterocycles. The van der Waals surface area contributed by atoms with Gasteiger partial charge in [0.1, 0.15) is 0 Å². The van der Waals surface area contributed by atoms with E-state index in [1.165, 1.54) is 12.4 Å². The average Bonchev–Trinajstić information content (AvgIpc) is 2.61. The summed E-state index contributed by atoms with van der Waals surface area (Å²) in [6.45, 7) is 7.55. The monoisotopic (exact) mass is 368 g/mol. The molecule has 1 aromatic carbocycles. The normalized spacial score (nSPS) is 11.3. The minimum absolute atomic E-state index is 0.101. The summed E-state index contributed by atoms with van der Waals surface area (Å²) in [5.41, 5.74) is 2.42. The topological polar surface area (TPSA) is 74.3 Å². The molecule has 2 N–H and O–H groups in total. The highest BCUT2D eigenvalue weighted by Crippen LogP contribution is 2.29. The van der Waals surface area contributed by atoms with Crippen LogP contribution in [-0.4, -0.2) is 48.9 Å². The molecule has 1 aromatic heterocycles. The first-order valence-electron chi connectivity index (χ1n) is 8.97. The lowest BCUT2D eigenvalue weighted by atomic mass is 9.86. The molecule has 0 spiro atoms. The van der Waals surface area contributed by atoms with Crippen LogP contribution in [0.5, 0.6) is 0 Å². The fourth-order valence-electron chi connectivity index (χ4n) is 2.62. The van der Waals surface area contributed by atoms with Gasteiger partial charge < -0.3 is 15.5 Å². The molecule has 6 nitrogen and oxygen atoms in total. The van der Waals surface area contributed by atoms with E-state index in [1.54, 1.807) is 6.07 Å². The van der Waals surface area contributed by atoms with Crippen molar-refractivity contribution in [2.24, 2.45) is 0 Å². The number of likely N-dealkylation sites (N-methyl/N-ethyl adjacent to an activating group) is 1. The van der Waals surface area contributed by atoms with Crippen molar-refractivity contribution < 1.29 is 9.59 Å². The van der Waals surface area contributed by atoms with E-state index in [0.717, 1.165) is 17.8 Å². The molecule has 2 aromatic rings. The first kappa shape index (κ1) is 20.6. The van der Waals surface area contributed by atoms with Gasteiger partial charge in [0.25, 0.3) is 11.8 Å². The SMILES string of the molecule is CN(C)CCNC(=O)c1cncc(C(=O)Nc2ccccc2C(C)(C)C)c1. The molecule has 0 aliphatic carbocycles. The van der Waals surface area contributed by atoms with E-state index in [9.17, 15) is 9.59 Å². The van der Waals surface area contributed by atoms with Crippen LogP contribution in [0.2, 0.25) is 0 Å². The van der Waals surface area contributed by atoms with E-state index in [0.29, 0.717) is 17.7 Å². The van der Waals surface area contributed by atoms with Crippen molar-refractivity contribution in [1.29, 1.82) is 0 Å². The third kappa shape index (κ3) is 5.89. The first-order valence-corrected chi connectivity index (χ1v) is 8.97. The number of hydrogen-bond donors (Lipinski definition) is 2. The molecular weight excluding hydrogens is 340 g/mol. The van der Waals surface area contributed by atoms with Crippen LogP contribution in [0.1, 0.15) is 47.1 Å². The number of aromatic nitrogens is 1. The van der Waals surface area contributed by atoms with Gasteiger partial charge in [0.15, 0.2) is 0 Å². The van der Waals surface area contributed by atoms with Crippen LogP contribution in [0.15, 0.2) is 42.7 Å².